The highest BCUT2D eigenvalue weighted by Gasteiger charge is 2.18. The van der Waals surface area contributed by atoms with Crippen molar-refractivity contribution in [2.24, 2.45) is 5.73 Å². The van der Waals surface area contributed by atoms with Gasteiger partial charge in [0.15, 0.2) is 0 Å². The average molecular weight is 391 g/mol. The van der Waals surface area contributed by atoms with Gasteiger partial charge in [-0.2, -0.15) is 5.10 Å². The molecule has 0 fully saturated rings. The third-order valence-corrected chi connectivity index (χ3v) is 4.85. The standard InChI is InChI=1S/C22H25N5O2/c1-15-20(16(2)27(25-15)19-7-5-4-6-8-19)14-26(3)21(28)18-11-9-17(10-12-18)13-24-22(23)29/h4-12H,13-14H2,1-3H3,(H3,23,24,29). The van der Waals surface area contributed by atoms with Gasteiger partial charge in [0.1, 0.15) is 0 Å². The highest BCUT2D eigenvalue weighted by molar-refractivity contribution is 5.94. The van der Waals surface area contributed by atoms with Crippen molar-refractivity contribution in [3.8, 4) is 5.69 Å². The van der Waals surface area contributed by atoms with Gasteiger partial charge in [0.05, 0.1) is 11.4 Å². The van der Waals surface area contributed by atoms with Crippen LogP contribution in [0.4, 0.5) is 4.79 Å². The summed E-state index contributed by atoms with van der Waals surface area (Å²) in [6, 6.07) is 16.5. The number of carbonyl (C=O) groups excluding carboxylic acids is 2. The van der Waals surface area contributed by atoms with Gasteiger partial charge < -0.3 is 16.0 Å². The Labute approximate surface area is 170 Å². The van der Waals surface area contributed by atoms with Crippen molar-refractivity contribution in [1.29, 1.82) is 0 Å². The lowest BCUT2D eigenvalue weighted by molar-refractivity contribution is 0.0784. The Kier molecular flexibility index (Phi) is 5.97. The SMILES string of the molecule is Cc1nn(-c2ccccc2)c(C)c1CN(C)C(=O)c1ccc(CNC(N)=O)cc1. The molecule has 0 atom stereocenters. The number of rotatable bonds is 6. The minimum Gasteiger partial charge on any atom is -0.352 e. The molecule has 0 bridgehead atoms. The van der Waals surface area contributed by atoms with E-state index in [1.165, 1.54) is 0 Å². The number of nitrogens with zero attached hydrogens (tertiary/aromatic N) is 3. The summed E-state index contributed by atoms with van der Waals surface area (Å²) in [5.74, 6) is -0.0781. The average Bonchev–Trinajstić information content (AvgIpc) is 3.01. The number of primary amides is 1. The second kappa shape index (κ2) is 8.60. The Balaban J connectivity index is 1.73. The minimum atomic E-state index is -0.577. The zero-order valence-electron chi connectivity index (χ0n) is 16.8. The molecule has 3 aromatic rings. The normalized spacial score (nSPS) is 10.6. The molecule has 2 aromatic carbocycles. The van der Waals surface area contributed by atoms with Crippen LogP contribution in [-0.2, 0) is 13.1 Å². The second-order valence-corrected chi connectivity index (χ2v) is 6.97. The molecular weight excluding hydrogens is 366 g/mol. The van der Waals surface area contributed by atoms with E-state index in [2.05, 4.69) is 10.4 Å². The number of urea groups is 1. The summed E-state index contributed by atoms with van der Waals surface area (Å²) >= 11 is 0. The topological polar surface area (TPSA) is 93.2 Å². The predicted molar refractivity (Wildman–Crippen MR) is 112 cm³/mol. The smallest absolute Gasteiger partial charge is 0.312 e. The van der Waals surface area contributed by atoms with Crippen LogP contribution in [0.15, 0.2) is 54.6 Å². The monoisotopic (exact) mass is 391 g/mol. The van der Waals surface area contributed by atoms with Crippen molar-refractivity contribution in [2.75, 3.05) is 7.05 Å². The van der Waals surface area contributed by atoms with Crippen LogP contribution >= 0.6 is 0 Å². The number of hydrogen-bond acceptors (Lipinski definition) is 3. The van der Waals surface area contributed by atoms with Crippen LogP contribution in [-0.4, -0.2) is 33.7 Å². The Bertz CT molecular complexity index is 1010. The zero-order chi connectivity index (χ0) is 21.0. The highest BCUT2D eigenvalue weighted by atomic mass is 16.2. The van der Waals surface area contributed by atoms with Crippen LogP contribution in [0.1, 0.15) is 32.9 Å². The van der Waals surface area contributed by atoms with Crippen molar-refractivity contribution >= 4 is 11.9 Å². The van der Waals surface area contributed by atoms with Crippen molar-refractivity contribution in [3.05, 3.63) is 82.7 Å². The first-order valence-corrected chi connectivity index (χ1v) is 9.35. The number of nitrogens with two attached hydrogens (primary N) is 1. The van der Waals surface area contributed by atoms with Crippen LogP contribution in [0.3, 0.4) is 0 Å². The third kappa shape index (κ3) is 4.63. The van der Waals surface area contributed by atoms with E-state index in [4.69, 9.17) is 5.73 Å². The molecule has 0 aliphatic heterocycles. The molecule has 0 radical (unpaired) electrons. The van der Waals surface area contributed by atoms with Crippen molar-refractivity contribution in [1.82, 2.24) is 20.0 Å². The molecule has 29 heavy (non-hydrogen) atoms. The first kappa shape index (κ1) is 20.1. The number of hydrogen-bond donors (Lipinski definition) is 2. The molecule has 0 saturated carbocycles. The molecule has 1 aromatic heterocycles. The Hall–Kier alpha value is -3.61. The lowest BCUT2D eigenvalue weighted by Gasteiger charge is -2.18. The van der Waals surface area contributed by atoms with Gasteiger partial charge in [-0.1, -0.05) is 30.3 Å². The minimum absolute atomic E-state index is 0.0781. The van der Waals surface area contributed by atoms with E-state index in [1.54, 1.807) is 36.2 Å². The fraction of sp³-hybridized carbons (Fsp3) is 0.227. The fourth-order valence-corrected chi connectivity index (χ4v) is 3.21. The van der Waals surface area contributed by atoms with E-state index < -0.39 is 6.03 Å². The van der Waals surface area contributed by atoms with Gasteiger partial charge in [0.25, 0.3) is 5.91 Å². The molecule has 0 spiro atoms. The van der Waals surface area contributed by atoms with Crippen molar-refractivity contribution < 1.29 is 9.59 Å². The number of aromatic nitrogens is 2. The molecular formula is C22H25N5O2. The number of nitrogens with one attached hydrogen (secondary N) is 1. The lowest BCUT2D eigenvalue weighted by atomic mass is 10.1. The molecule has 0 aliphatic carbocycles. The van der Waals surface area contributed by atoms with E-state index in [-0.39, 0.29) is 5.91 Å². The van der Waals surface area contributed by atoms with Gasteiger partial charge in [0.2, 0.25) is 0 Å². The molecule has 0 saturated heterocycles. The van der Waals surface area contributed by atoms with Crippen LogP contribution in [0.25, 0.3) is 5.69 Å². The van der Waals surface area contributed by atoms with Crippen LogP contribution in [0.5, 0.6) is 0 Å². The van der Waals surface area contributed by atoms with E-state index in [1.807, 2.05) is 48.9 Å². The summed E-state index contributed by atoms with van der Waals surface area (Å²) in [5.41, 5.74) is 10.5. The molecule has 3 N–H and O–H groups in total. The van der Waals surface area contributed by atoms with Crippen molar-refractivity contribution in [3.63, 3.8) is 0 Å². The summed E-state index contributed by atoms with van der Waals surface area (Å²) in [7, 11) is 1.78. The quantitative estimate of drug-likeness (QED) is 0.676. The van der Waals surface area contributed by atoms with Crippen LogP contribution in [0.2, 0.25) is 0 Å². The summed E-state index contributed by atoms with van der Waals surface area (Å²) in [4.78, 5) is 25.3. The molecule has 7 nitrogen and oxygen atoms in total. The van der Waals surface area contributed by atoms with Gasteiger partial charge in [-0.05, 0) is 43.7 Å². The number of aryl methyl sites for hydroxylation is 1. The fourth-order valence-electron chi connectivity index (χ4n) is 3.21. The van der Waals surface area contributed by atoms with E-state index in [0.29, 0.717) is 18.7 Å². The maximum Gasteiger partial charge on any atom is 0.312 e. The molecule has 3 amide bonds. The molecule has 3 rings (SSSR count). The van der Waals surface area contributed by atoms with Crippen LogP contribution < -0.4 is 11.1 Å². The van der Waals surface area contributed by atoms with Gasteiger partial charge in [-0.15, -0.1) is 0 Å². The zero-order valence-corrected chi connectivity index (χ0v) is 16.8. The van der Waals surface area contributed by atoms with Crippen LogP contribution in [0, 0.1) is 13.8 Å². The number of benzene rings is 2. The number of para-hydroxylation sites is 1. The summed E-state index contributed by atoms with van der Waals surface area (Å²) in [5, 5.41) is 7.17. The molecule has 150 valence electrons. The van der Waals surface area contributed by atoms with Gasteiger partial charge in [-0.3, -0.25) is 4.79 Å². The molecule has 0 unspecified atom stereocenters. The van der Waals surface area contributed by atoms with Crippen molar-refractivity contribution in [2.45, 2.75) is 26.9 Å². The first-order valence-electron chi connectivity index (χ1n) is 9.35. The lowest BCUT2D eigenvalue weighted by Crippen LogP contribution is -2.29. The van der Waals surface area contributed by atoms with Gasteiger partial charge in [0, 0.05) is 37.0 Å². The van der Waals surface area contributed by atoms with E-state index in [0.717, 1.165) is 28.2 Å². The maximum atomic E-state index is 12.8. The number of amides is 3. The van der Waals surface area contributed by atoms with Gasteiger partial charge >= 0.3 is 6.03 Å². The summed E-state index contributed by atoms with van der Waals surface area (Å²) in [6.45, 7) is 4.77. The Morgan fingerprint density at radius 3 is 2.34 bits per heavy atom. The largest absolute Gasteiger partial charge is 0.352 e. The molecule has 0 aliphatic rings. The van der Waals surface area contributed by atoms with E-state index >= 15 is 0 Å². The second-order valence-electron chi connectivity index (χ2n) is 6.97. The highest BCUT2D eigenvalue weighted by Crippen LogP contribution is 2.20. The first-order chi connectivity index (χ1) is 13.9. The summed E-state index contributed by atoms with van der Waals surface area (Å²) < 4.78 is 1.91. The van der Waals surface area contributed by atoms with E-state index in [9.17, 15) is 9.59 Å². The number of carbonyl (C=O) groups is 2. The third-order valence-electron chi connectivity index (χ3n) is 4.85. The Morgan fingerprint density at radius 2 is 1.72 bits per heavy atom. The Morgan fingerprint density at radius 1 is 1.07 bits per heavy atom. The molecule has 1 heterocycles. The predicted octanol–water partition coefficient (Wildman–Crippen LogP) is 2.93. The summed E-state index contributed by atoms with van der Waals surface area (Å²) in [6.07, 6.45) is 0. The maximum absolute atomic E-state index is 12.8. The molecule has 7 heteroatoms. The van der Waals surface area contributed by atoms with Gasteiger partial charge in [-0.25, -0.2) is 9.48 Å².